The van der Waals surface area contributed by atoms with Crippen molar-refractivity contribution < 1.29 is 4.79 Å². The molecule has 1 saturated carbocycles. The Balaban J connectivity index is 0.00000192. The van der Waals surface area contributed by atoms with Crippen LogP contribution in [0.4, 0.5) is 0 Å². The van der Waals surface area contributed by atoms with Crippen molar-refractivity contribution in [1.82, 2.24) is 4.90 Å². The van der Waals surface area contributed by atoms with Gasteiger partial charge in [0.05, 0.1) is 6.04 Å². The number of nitrogens with zero attached hydrogens (tertiary/aromatic N) is 1. The fourth-order valence-corrected chi connectivity index (χ4v) is 4.60. The first-order valence-electron chi connectivity index (χ1n) is 8.00. The van der Waals surface area contributed by atoms with E-state index in [1.54, 1.807) is 6.07 Å². The van der Waals surface area contributed by atoms with Crippen LogP contribution in [0.25, 0.3) is 0 Å². The molecule has 3 rings (SSSR count). The Morgan fingerprint density at radius 2 is 2.09 bits per heavy atom. The molecule has 128 valence electrons. The minimum atomic E-state index is -0.00126. The lowest BCUT2D eigenvalue weighted by molar-refractivity contribution is -0.134. The van der Waals surface area contributed by atoms with E-state index in [0.29, 0.717) is 22.4 Å². The number of amides is 1. The Morgan fingerprint density at radius 3 is 2.74 bits per heavy atom. The minimum Gasteiger partial charge on any atom is -0.336 e. The lowest BCUT2D eigenvalue weighted by atomic mass is 9.92. The van der Waals surface area contributed by atoms with Crippen molar-refractivity contribution in [3.05, 3.63) is 33.3 Å². The minimum absolute atomic E-state index is 0. The fourth-order valence-electron chi connectivity index (χ4n) is 3.90. The summed E-state index contributed by atoms with van der Waals surface area (Å²) in [6.45, 7) is 2.77. The monoisotopic (exact) mass is 376 g/mol. The molecule has 1 aliphatic carbocycles. The number of halogens is 3. The van der Waals surface area contributed by atoms with Crippen molar-refractivity contribution in [2.75, 3.05) is 6.54 Å². The van der Waals surface area contributed by atoms with Gasteiger partial charge >= 0.3 is 0 Å². The fraction of sp³-hybridized carbons (Fsp3) is 0.588. The highest BCUT2D eigenvalue weighted by molar-refractivity contribution is 6.35. The van der Waals surface area contributed by atoms with Crippen LogP contribution >= 0.6 is 35.6 Å². The smallest absolute Gasteiger partial charge is 0.223 e. The summed E-state index contributed by atoms with van der Waals surface area (Å²) in [7, 11) is 0. The molecule has 0 bridgehead atoms. The van der Waals surface area contributed by atoms with Gasteiger partial charge in [-0.15, -0.1) is 12.4 Å². The molecule has 0 radical (unpaired) electrons. The van der Waals surface area contributed by atoms with Crippen LogP contribution in [0, 0.1) is 5.92 Å². The molecule has 3 atom stereocenters. The standard InChI is InChI=1S/C17H22Cl2N2O.ClH/c1-10-17-12(7-13(18)9-14(17)19)5-6-21(10)16(22)8-11-3-2-4-15(11)20;/h7,9-11,15H,2-6,8,20H2,1H3;1H/t10?,11-,15+;/m0./s1. The Bertz CT molecular complexity index is 593. The van der Waals surface area contributed by atoms with Crippen molar-refractivity contribution in [2.24, 2.45) is 11.7 Å². The van der Waals surface area contributed by atoms with Gasteiger partial charge in [-0.1, -0.05) is 29.6 Å². The van der Waals surface area contributed by atoms with Gasteiger partial charge in [-0.2, -0.15) is 0 Å². The van der Waals surface area contributed by atoms with Crippen LogP contribution in [0.3, 0.4) is 0 Å². The van der Waals surface area contributed by atoms with E-state index >= 15 is 0 Å². The molecule has 23 heavy (non-hydrogen) atoms. The molecule has 2 N–H and O–H groups in total. The molecular formula is C17H23Cl3N2O. The van der Waals surface area contributed by atoms with Crippen molar-refractivity contribution in [3.8, 4) is 0 Å². The molecule has 0 saturated heterocycles. The average molecular weight is 378 g/mol. The molecule has 1 unspecified atom stereocenters. The van der Waals surface area contributed by atoms with Gasteiger partial charge in [0.2, 0.25) is 5.91 Å². The maximum absolute atomic E-state index is 12.7. The van der Waals surface area contributed by atoms with Crippen LogP contribution in [0.15, 0.2) is 12.1 Å². The van der Waals surface area contributed by atoms with E-state index in [4.69, 9.17) is 28.9 Å². The van der Waals surface area contributed by atoms with Gasteiger partial charge in [0.15, 0.2) is 0 Å². The third kappa shape index (κ3) is 3.79. The van der Waals surface area contributed by atoms with E-state index < -0.39 is 0 Å². The lowest BCUT2D eigenvalue weighted by Gasteiger charge is -2.37. The van der Waals surface area contributed by atoms with Crippen molar-refractivity contribution in [3.63, 3.8) is 0 Å². The first kappa shape index (κ1) is 18.9. The number of rotatable bonds is 2. The normalized spacial score (nSPS) is 26.6. The SMILES string of the molecule is CC1c2c(Cl)cc(Cl)cc2CCN1C(=O)C[C@@H]1CCC[C@H]1N.Cl. The number of hydrogen-bond donors (Lipinski definition) is 1. The van der Waals surface area contributed by atoms with Crippen LogP contribution in [0.2, 0.25) is 10.0 Å². The Labute approximate surface area is 153 Å². The summed E-state index contributed by atoms with van der Waals surface area (Å²) in [6.07, 6.45) is 4.62. The third-order valence-electron chi connectivity index (χ3n) is 5.16. The molecule has 1 heterocycles. The van der Waals surface area contributed by atoms with Crippen LogP contribution < -0.4 is 5.73 Å². The van der Waals surface area contributed by atoms with E-state index in [1.165, 1.54) is 0 Å². The largest absolute Gasteiger partial charge is 0.336 e. The highest BCUT2D eigenvalue weighted by Crippen LogP contribution is 2.38. The number of nitrogens with two attached hydrogens (primary N) is 1. The number of carbonyl (C=O) groups is 1. The maximum atomic E-state index is 12.7. The molecule has 1 aliphatic heterocycles. The second-order valence-corrected chi connectivity index (χ2v) is 7.38. The van der Waals surface area contributed by atoms with Crippen LogP contribution in [-0.2, 0) is 11.2 Å². The molecule has 1 aromatic carbocycles. The van der Waals surface area contributed by atoms with Gasteiger partial charge < -0.3 is 10.6 Å². The molecule has 2 aliphatic rings. The van der Waals surface area contributed by atoms with Gasteiger partial charge in [0.25, 0.3) is 0 Å². The molecule has 0 aromatic heterocycles. The molecule has 1 amide bonds. The summed E-state index contributed by atoms with van der Waals surface area (Å²) < 4.78 is 0. The topological polar surface area (TPSA) is 46.3 Å². The van der Waals surface area contributed by atoms with E-state index in [2.05, 4.69) is 0 Å². The van der Waals surface area contributed by atoms with Gasteiger partial charge in [0, 0.05) is 29.1 Å². The molecule has 1 fully saturated rings. The highest BCUT2D eigenvalue weighted by Gasteiger charge is 2.33. The third-order valence-corrected chi connectivity index (χ3v) is 5.69. The van der Waals surface area contributed by atoms with Gasteiger partial charge in [0.1, 0.15) is 0 Å². The first-order valence-corrected chi connectivity index (χ1v) is 8.76. The van der Waals surface area contributed by atoms with Crippen molar-refractivity contribution in [2.45, 2.75) is 51.1 Å². The van der Waals surface area contributed by atoms with E-state index in [0.717, 1.165) is 43.4 Å². The van der Waals surface area contributed by atoms with Crippen LogP contribution in [0.1, 0.15) is 49.8 Å². The summed E-state index contributed by atoms with van der Waals surface area (Å²) in [6, 6.07) is 3.91. The number of benzene rings is 1. The Kier molecular flexibility index (Phi) is 6.23. The van der Waals surface area contributed by atoms with E-state index in [-0.39, 0.29) is 30.4 Å². The maximum Gasteiger partial charge on any atom is 0.223 e. The highest BCUT2D eigenvalue weighted by atomic mass is 35.5. The zero-order chi connectivity index (χ0) is 15.9. The number of fused-ring (bicyclic) bond motifs is 1. The second-order valence-electron chi connectivity index (χ2n) is 6.53. The van der Waals surface area contributed by atoms with Crippen LogP contribution in [0.5, 0.6) is 0 Å². The zero-order valence-electron chi connectivity index (χ0n) is 13.2. The predicted octanol–water partition coefficient (Wildman–Crippen LogP) is 4.38. The van der Waals surface area contributed by atoms with Gasteiger partial charge in [-0.25, -0.2) is 0 Å². The summed E-state index contributed by atoms with van der Waals surface area (Å²) >= 11 is 12.4. The van der Waals surface area contributed by atoms with Gasteiger partial charge in [-0.3, -0.25) is 4.79 Å². The van der Waals surface area contributed by atoms with E-state index in [1.807, 2.05) is 17.9 Å². The Hall–Kier alpha value is -0.480. The average Bonchev–Trinajstić information content (AvgIpc) is 2.83. The number of hydrogen-bond acceptors (Lipinski definition) is 2. The van der Waals surface area contributed by atoms with Crippen LogP contribution in [-0.4, -0.2) is 23.4 Å². The summed E-state index contributed by atoms with van der Waals surface area (Å²) in [5.41, 5.74) is 8.30. The lowest BCUT2D eigenvalue weighted by Crippen LogP contribution is -2.41. The summed E-state index contributed by atoms with van der Waals surface area (Å²) in [5.74, 6) is 0.535. The zero-order valence-corrected chi connectivity index (χ0v) is 15.6. The van der Waals surface area contributed by atoms with Crippen molar-refractivity contribution in [1.29, 1.82) is 0 Å². The summed E-state index contributed by atoms with van der Waals surface area (Å²) in [5, 5.41) is 1.32. The first-order chi connectivity index (χ1) is 10.5. The summed E-state index contributed by atoms with van der Waals surface area (Å²) in [4.78, 5) is 14.7. The second kappa shape index (κ2) is 7.60. The molecule has 3 nitrogen and oxygen atoms in total. The van der Waals surface area contributed by atoms with Crippen molar-refractivity contribution >= 4 is 41.5 Å². The number of carbonyl (C=O) groups excluding carboxylic acids is 1. The van der Waals surface area contributed by atoms with Gasteiger partial charge in [-0.05, 0) is 55.4 Å². The molecule has 0 spiro atoms. The quantitative estimate of drug-likeness (QED) is 0.831. The molecule has 6 heteroatoms. The predicted molar refractivity (Wildman–Crippen MR) is 97.5 cm³/mol. The Morgan fingerprint density at radius 1 is 1.35 bits per heavy atom. The molecular weight excluding hydrogens is 355 g/mol. The van der Waals surface area contributed by atoms with E-state index in [9.17, 15) is 4.79 Å². The molecule has 1 aromatic rings.